The van der Waals surface area contributed by atoms with Gasteiger partial charge in [0, 0.05) is 12.1 Å². The Morgan fingerprint density at radius 1 is 0.929 bits per heavy atom. The van der Waals surface area contributed by atoms with Gasteiger partial charge in [-0.25, -0.2) is 0 Å². The molecule has 4 nitrogen and oxygen atoms in total. The van der Waals surface area contributed by atoms with Gasteiger partial charge >= 0.3 is 0 Å². The topological polar surface area (TPSA) is 47.6 Å². The van der Waals surface area contributed by atoms with E-state index in [-0.39, 0.29) is 14.1 Å². The number of carbonyl (C=O) groups excluding carboxylic acids is 1. The molecule has 3 aromatic rings. The molecule has 0 atom stereocenters. The lowest BCUT2D eigenvalue weighted by molar-refractivity contribution is -0.118. The van der Waals surface area contributed by atoms with Crippen LogP contribution in [-0.4, -0.2) is 12.7 Å². The molecule has 142 valence electrons. The van der Waals surface area contributed by atoms with Crippen LogP contribution in [0.15, 0.2) is 66.7 Å². The number of benzene rings is 3. The minimum Gasteiger partial charge on any atom is -0.454 e. The predicted molar refractivity (Wildman–Crippen MR) is 111 cm³/mol. The van der Waals surface area contributed by atoms with E-state index in [1.807, 2.05) is 66.7 Å². The predicted octanol–water partition coefficient (Wildman–Crippen LogP) is 5.65. The first-order valence-electron chi connectivity index (χ1n) is 9.22. The van der Waals surface area contributed by atoms with Gasteiger partial charge in [-0.05, 0) is 65.9 Å². The van der Waals surface area contributed by atoms with E-state index in [1.165, 1.54) is 0 Å². The minimum absolute atomic E-state index is 0. The summed E-state index contributed by atoms with van der Waals surface area (Å²) >= 11 is 6.07. The molecule has 0 unspecified atom stereocenters. The van der Waals surface area contributed by atoms with Crippen LogP contribution in [0.4, 0.5) is 5.69 Å². The van der Waals surface area contributed by atoms with E-state index in [4.69, 9.17) is 21.1 Å². The van der Waals surface area contributed by atoms with Gasteiger partial charge in [0.1, 0.15) is 0 Å². The molecule has 0 radical (unpaired) electrons. The summed E-state index contributed by atoms with van der Waals surface area (Å²) in [5.74, 6) is 1.46. The highest BCUT2D eigenvalue weighted by atomic mass is 35.5. The zero-order valence-corrected chi connectivity index (χ0v) is 15.8. The summed E-state index contributed by atoms with van der Waals surface area (Å²) in [6.45, 7) is 0.233. The molecule has 0 spiro atoms. The molecular formula is C23H20ClNO3. The van der Waals surface area contributed by atoms with E-state index < -0.39 is 5.41 Å². The average Bonchev–Trinajstić information content (AvgIpc) is 3.40. The van der Waals surface area contributed by atoms with Crippen LogP contribution in [0, 0.1) is 0 Å². The zero-order chi connectivity index (χ0) is 19.1. The van der Waals surface area contributed by atoms with Crippen molar-refractivity contribution in [3.05, 3.63) is 77.3 Å². The standard InChI is InChI=1S/C23H18ClNO3.H2/c24-18-3-1-2-16(12-18)15-4-7-19(8-5-15)25-22(26)23(10-11-23)17-6-9-20-21(13-17)28-14-27-20;/h1-9,12-13H,10-11,14H2,(H,25,26);1H. The van der Waals surface area contributed by atoms with Gasteiger partial charge in [-0.3, -0.25) is 4.79 Å². The average molecular weight is 394 g/mol. The summed E-state index contributed by atoms with van der Waals surface area (Å²) in [6, 6.07) is 21.3. The zero-order valence-electron chi connectivity index (χ0n) is 15.1. The third-order valence-corrected chi connectivity index (χ3v) is 5.65. The first-order valence-corrected chi connectivity index (χ1v) is 9.59. The number of anilines is 1. The molecule has 3 aromatic carbocycles. The van der Waals surface area contributed by atoms with Crippen LogP contribution >= 0.6 is 11.6 Å². The SMILES string of the molecule is O=C(Nc1ccc(-c2cccc(Cl)c2)cc1)C1(c2ccc3c(c2)OCO3)CC1.[HH]. The third-order valence-electron chi connectivity index (χ3n) is 5.41. The van der Waals surface area contributed by atoms with Gasteiger partial charge in [-0.1, -0.05) is 41.9 Å². The van der Waals surface area contributed by atoms with Crippen molar-refractivity contribution >= 4 is 23.2 Å². The van der Waals surface area contributed by atoms with Crippen LogP contribution in [0.1, 0.15) is 19.8 Å². The Bertz CT molecular complexity index is 1060. The maximum absolute atomic E-state index is 13.0. The molecule has 5 heteroatoms. The fourth-order valence-electron chi connectivity index (χ4n) is 3.63. The number of ether oxygens (including phenoxy) is 2. The summed E-state index contributed by atoms with van der Waals surface area (Å²) in [5.41, 5.74) is 3.38. The molecule has 28 heavy (non-hydrogen) atoms. The first kappa shape index (κ1) is 17.1. The number of hydrogen-bond acceptors (Lipinski definition) is 3. The van der Waals surface area contributed by atoms with Crippen molar-refractivity contribution in [2.24, 2.45) is 0 Å². The normalized spacial score (nSPS) is 15.9. The Labute approximate surface area is 169 Å². The Morgan fingerprint density at radius 2 is 1.71 bits per heavy atom. The smallest absolute Gasteiger partial charge is 0.235 e. The lowest BCUT2D eigenvalue weighted by atomic mass is 9.94. The van der Waals surface area contributed by atoms with Gasteiger partial charge < -0.3 is 14.8 Å². The van der Waals surface area contributed by atoms with Crippen molar-refractivity contribution < 1.29 is 15.7 Å². The molecule has 2 aliphatic rings. The molecule has 1 heterocycles. The lowest BCUT2D eigenvalue weighted by Gasteiger charge is -2.16. The van der Waals surface area contributed by atoms with Crippen LogP contribution < -0.4 is 14.8 Å². The van der Waals surface area contributed by atoms with Crippen LogP contribution in [-0.2, 0) is 10.2 Å². The number of nitrogens with one attached hydrogen (secondary N) is 1. The monoisotopic (exact) mass is 393 g/mol. The summed E-state index contributed by atoms with van der Waals surface area (Å²) in [4.78, 5) is 13.0. The maximum atomic E-state index is 13.0. The molecule has 0 bridgehead atoms. The number of hydrogen-bond donors (Lipinski definition) is 1. The fourth-order valence-corrected chi connectivity index (χ4v) is 3.82. The van der Waals surface area contributed by atoms with Crippen molar-refractivity contribution in [3.63, 3.8) is 0 Å². The van der Waals surface area contributed by atoms with Gasteiger partial charge in [-0.2, -0.15) is 0 Å². The van der Waals surface area contributed by atoms with E-state index in [2.05, 4.69) is 5.32 Å². The third kappa shape index (κ3) is 3.00. The second-order valence-corrected chi connectivity index (χ2v) is 7.63. The van der Waals surface area contributed by atoms with Gasteiger partial charge in [0.05, 0.1) is 5.41 Å². The van der Waals surface area contributed by atoms with Gasteiger partial charge in [0.15, 0.2) is 11.5 Å². The van der Waals surface area contributed by atoms with E-state index in [0.717, 1.165) is 41.0 Å². The Hall–Kier alpha value is -2.98. The molecular weight excluding hydrogens is 374 g/mol. The molecule has 1 saturated carbocycles. The van der Waals surface area contributed by atoms with Gasteiger partial charge in [0.25, 0.3) is 0 Å². The van der Waals surface area contributed by atoms with Crippen molar-refractivity contribution in [2.75, 3.05) is 12.1 Å². The molecule has 1 amide bonds. The van der Waals surface area contributed by atoms with Crippen molar-refractivity contribution in [1.29, 1.82) is 0 Å². The summed E-state index contributed by atoms with van der Waals surface area (Å²) in [5, 5.41) is 3.77. The summed E-state index contributed by atoms with van der Waals surface area (Å²) in [6.07, 6.45) is 1.66. The van der Waals surface area contributed by atoms with E-state index in [9.17, 15) is 4.79 Å². The molecule has 0 aromatic heterocycles. The minimum atomic E-state index is -0.480. The molecule has 5 rings (SSSR count). The highest BCUT2D eigenvalue weighted by molar-refractivity contribution is 6.30. The summed E-state index contributed by atoms with van der Waals surface area (Å²) < 4.78 is 10.8. The fraction of sp³-hybridized carbons (Fsp3) is 0.174. The van der Waals surface area contributed by atoms with E-state index in [0.29, 0.717) is 10.8 Å². The lowest BCUT2D eigenvalue weighted by Crippen LogP contribution is -2.27. The Balaban J connectivity index is 0.00000205. The molecule has 1 fully saturated rings. The summed E-state index contributed by atoms with van der Waals surface area (Å²) in [7, 11) is 0. The van der Waals surface area contributed by atoms with Gasteiger partial charge in [-0.15, -0.1) is 0 Å². The number of rotatable bonds is 4. The van der Waals surface area contributed by atoms with Crippen molar-refractivity contribution in [1.82, 2.24) is 0 Å². The van der Waals surface area contributed by atoms with Gasteiger partial charge in [0.2, 0.25) is 12.7 Å². The molecule has 1 aliphatic heterocycles. The quantitative estimate of drug-likeness (QED) is 0.622. The second-order valence-electron chi connectivity index (χ2n) is 7.19. The van der Waals surface area contributed by atoms with Crippen LogP contribution in [0.5, 0.6) is 11.5 Å². The van der Waals surface area contributed by atoms with Crippen LogP contribution in [0.25, 0.3) is 11.1 Å². The van der Waals surface area contributed by atoms with Crippen molar-refractivity contribution in [3.8, 4) is 22.6 Å². The number of fused-ring (bicyclic) bond motifs is 1. The molecule has 0 saturated heterocycles. The highest BCUT2D eigenvalue weighted by Crippen LogP contribution is 2.51. The highest BCUT2D eigenvalue weighted by Gasteiger charge is 2.51. The molecule has 1 N–H and O–H groups in total. The van der Waals surface area contributed by atoms with Crippen LogP contribution in [0.3, 0.4) is 0 Å². The number of amides is 1. The first-order chi connectivity index (χ1) is 13.6. The van der Waals surface area contributed by atoms with Crippen LogP contribution in [0.2, 0.25) is 5.02 Å². The maximum Gasteiger partial charge on any atom is 0.235 e. The second kappa shape index (κ2) is 6.57. The Kier molecular flexibility index (Phi) is 4.02. The van der Waals surface area contributed by atoms with E-state index >= 15 is 0 Å². The Morgan fingerprint density at radius 3 is 2.46 bits per heavy atom. The number of carbonyl (C=O) groups is 1. The van der Waals surface area contributed by atoms with Crippen molar-refractivity contribution in [2.45, 2.75) is 18.3 Å². The van der Waals surface area contributed by atoms with E-state index in [1.54, 1.807) is 0 Å². The molecule has 1 aliphatic carbocycles. The largest absolute Gasteiger partial charge is 0.454 e. The number of halogens is 1.